The van der Waals surface area contributed by atoms with Crippen molar-refractivity contribution in [2.24, 2.45) is 5.84 Å². The van der Waals surface area contributed by atoms with Crippen LogP contribution in [0.25, 0.3) is 0 Å². The van der Waals surface area contributed by atoms with Gasteiger partial charge in [-0.1, -0.05) is 23.2 Å². The predicted molar refractivity (Wildman–Crippen MR) is 78.9 cm³/mol. The average molecular weight is 305 g/mol. The first-order valence-electron chi connectivity index (χ1n) is 6.08. The largest absolute Gasteiger partial charge is 0.369 e. The molecule has 0 saturated carbocycles. The summed E-state index contributed by atoms with van der Waals surface area (Å²) in [5, 5.41) is 0.908. The van der Waals surface area contributed by atoms with Crippen LogP contribution in [0.1, 0.15) is 20.8 Å². The van der Waals surface area contributed by atoms with Gasteiger partial charge >= 0.3 is 0 Å². The summed E-state index contributed by atoms with van der Waals surface area (Å²) in [5.74, 6) is 6.48. The fourth-order valence-electron chi connectivity index (χ4n) is 2.39. The van der Waals surface area contributed by atoms with Crippen LogP contribution in [0.3, 0.4) is 0 Å². The molecule has 1 atom stereocenters. The highest BCUT2D eigenvalue weighted by molar-refractivity contribution is 6.37. The zero-order valence-electron chi connectivity index (χ0n) is 11.2. The smallest absolute Gasteiger partial charge is 0.161 e. The van der Waals surface area contributed by atoms with Crippen LogP contribution in [0.2, 0.25) is 10.0 Å². The van der Waals surface area contributed by atoms with Gasteiger partial charge in [-0.3, -0.25) is 0 Å². The fourth-order valence-corrected chi connectivity index (χ4v) is 2.93. The van der Waals surface area contributed by atoms with Crippen molar-refractivity contribution < 1.29 is 4.74 Å². The number of nitrogens with zero attached hydrogens (tertiary/aromatic N) is 2. The summed E-state index contributed by atoms with van der Waals surface area (Å²) >= 11 is 12.2. The van der Waals surface area contributed by atoms with Crippen molar-refractivity contribution in [3.8, 4) is 0 Å². The molecule has 106 valence electrons. The molecule has 5 nitrogen and oxygen atoms in total. The first-order valence-corrected chi connectivity index (χ1v) is 6.83. The monoisotopic (exact) mass is 304 g/mol. The topological polar surface area (TPSA) is 63.4 Å². The molecular formula is C12H18Cl2N4O. The maximum absolute atomic E-state index is 6.23. The van der Waals surface area contributed by atoms with E-state index < -0.39 is 0 Å². The highest BCUT2D eigenvalue weighted by Crippen LogP contribution is 2.34. The maximum atomic E-state index is 6.23. The van der Waals surface area contributed by atoms with Crippen LogP contribution >= 0.6 is 23.2 Å². The Morgan fingerprint density at radius 1 is 1.47 bits per heavy atom. The van der Waals surface area contributed by atoms with Crippen LogP contribution in [0, 0.1) is 0 Å². The van der Waals surface area contributed by atoms with E-state index in [4.69, 9.17) is 33.8 Å². The predicted octanol–water partition coefficient (Wildman–Crippen LogP) is 2.68. The minimum absolute atomic E-state index is 0.103. The van der Waals surface area contributed by atoms with Crippen molar-refractivity contribution in [1.82, 2.24) is 4.98 Å². The highest BCUT2D eigenvalue weighted by Gasteiger charge is 2.33. The van der Waals surface area contributed by atoms with Gasteiger partial charge < -0.3 is 15.1 Å². The van der Waals surface area contributed by atoms with E-state index in [0.29, 0.717) is 28.2 Å². The van der Waals surface area contributed by atoms with Crippen molar-refractivity contribution in [1.29, 1.82) is 0 Å². The number of halogens is 2. The van der Waals surface area contributed by atoms with Gasteiger partial charge in [0.05, 0.1) is 21.8 Å². The Morgan fingerprint density at radius 3 is 2.74 bits per heavy atom. The van der Waals surface area contributed by atoms with E-state index in [1.165, 1.54) is 0 Å². The second kappa shape index (κ2) is 5.32. The number of nitrogens with two attached hydrogens (primary N) is 1. The first-order chi connectivity index (χ1) is 8.82. The molecule has 0 amide bonds. The number of ether oxygens (including phenoxy) is 1. The fraction of sp³-hybridized carbons (Fsp3) is 0.583. The van der Waals surface area contributed by atoms with Crippen LogP contribution in [0.15, 0.2) is 6.07 Å². The summed E-state index contributed by atoms with van der Waals surface area (Å²) in [4.78, 5) is 6.48. The molecule has 2 heterocycles. The molecule has 1 aromatic rings. The molecule has 0 aromatic carbocycles. The third-order valence-corrected chi connectivity index (χ3v) is 3.48. The molecule has 0 aliphatic carbocycles. The molecule has 19 heavy (non-hydrogen) atoms. The molecule has 1 aliphatic heterocycles. The van der Waals surface area contributed by atoms with E-state index in [1.807, 2.05) is 20.8 Å². The van der Waals surface area contributed by atoms with Gasteiger partial charge in [0.2, 0.25) is 0 Å². The van der Waals surface area contributed by atoms with E-state index in [-0.39, 0.29) is 11.7 Å². The van der Waals surface area contributed by atoms with Crippen LogP contribution in [-0.4, -0.2) is 29.8 Å². The number of hydrogen-bond acceptors (Lipinski definition) is 5. The molecular weight excluding hydrogens is 287 g/mol. The van der Waals surface area contributed by atoms with Crippen molar-refractivity contribution in [3.63, 3.8) is 0 Å². The number of nitrogen functional groups attached to an aromatic ring is 1. The average Bonchev–Trinajstić information content (AvgIpc) is 2.26. The van der Waals surface area contributed by atoms with E-state index in [1.54, 1.807) is 6.07 Å². The van der Waals surface area contributed by atoms with Gasteiger partial charge in [0.15, 0.2) is 5.82 Å². The molecule has 3 N–H and O–H groups in total. The highest BCUT2D eigenvalue weighted by atomic mass is 35.5. The molecule has 1 fully saturated rings. The number of rotatable bonds is 2. The Bertz CT molecular complexity index is 481. The van der Waals surface area contributed by atoms with Crippen molar-refractivity contribution >= 4 is 34.8 Å². The second-order valence-electron chi connectivity index (χ2n) is 5.34. The zero-order valence-corrected chi connectivity index (χ0v) is 12.7. The van der Waals surface area contributed by atoms with Crippen molar-refractivity contribution in [2.45, 2.75) is 32.5 Å². The van der Waals surface area contributed by atoms with Gasteiger partial charge in [0, 0.05) is 13.1 Å². The third-order valence-electron chi connectivity index (χ3n) is 2.92. The van der Waals surface area contributed by atoms with E-state index in [0.717, 1.165) is 6.54 Å². The van der Waals surface area contributed by atoms with Crippen LogP contribution in [0.4, 0.5) is 11.6 Å². The SMILES string of the molecule is CC1CN(c2nc(NN)c(Cl)cc2Cl)CC(C)(C)O1. The van der Waals surface area contributed by atoms with Gasteiger partial charge in [-0.25, -0.2) is 10.8 Å². The third kappa shape index (κ3) is 3.23. The van der Waals surface area contributed by atoms with Gasteiger partial charge in [0.1, 0.15) is 5.82 Å². The minimum atomic E-state index is -0.251. The molecule has 7 heteroatoms. The maximum Gasteiger partial charge on any atom is 0.161 e. The lowest BCUT2D eigenvalue weighted by molar-refractivity contribution is -0.0751. The second-order valence-corrected chi connectivity index (χ2v) is 6.15. The number of aromatic nitrogens is 1. The lowest BCUT2D eigenvalue weighted by atomic mass is 10.1. The molecule has 1 saturated heterocycles. The Kier molecular flexibility index (Phi) is 4.11. The Balaban J connectivity index is 2.35. The molecule has 2 rings (SSSR count). The van der Waals surface area contributed by atoms with E-state index in [2.05, 4.69) is 15.3 Å². The number of hydrogen-bond donors (Lipinski definition) is 2. The number of nitrogens with one attached hydrogen (secondary N) is 1. The van der Waals surface area contributed by atoms with Crippen LogP contribution < -0.4 is 16.2 Å². The van der Waals surface area contributed by atoms with Gasteiger partial charge in [0.25, 0.3) is 0 Å². The van der Waals surface area contributed by atoms with Crippen LogP contribution in [0.5, 0.6) is 0 Å². The zero-order chi connectivity index (χ0) is 14.2. The van der Waals surface area contributed by atoms with Crippen molar-refractivity contribution in [3.05, 3.63) is 16.1 Å². The quantitative estimate of drug-likeness (QED) is 0.650. The van der Waals surface area contributed by atoms with Crippen LogP contribution in [-0.2, 0) is 4.74 Å². The Labute approximate surface area is 123 Å². The Hall–Kier alpha value is -0.750. The molecule has 1 unspecified atom stereocenters. The lowest BCUT2D eigenvalue weighted by Crippen LogP contribution is -2.52. The molecule has 0 radical (unpaired) electrons. The summed E-state index contributed by atoms with van der Waals surface area (Å²) in [7, 11) is 0. The van der Waals surface area contributed by atoms with E-state index >= 15 is 0 Å². The van der Waals surface area contributed by atoms with Gasteiger partial charge in [-0.15, -0.1) is 0 Å². The Morgan fingerprint density at radius 2 is 2.16 bits per heavy atom. The summed E-state index contributed by atoms with van der Waals surface area (Å²) in [5.41, 5.74) is 2.22. The summed E-state index contributed by atoms with van der Waals surface area (Å²) in [6.45, 7) is 7.54. The number of hydrazine groups is 1. The minimum Gasteiger partial charge on any atom is -0.369 e. The summed E-state index contributed by atoms with van der Waals surface area (Å²) in [6.07, 6.45) is 0.103. The summed E-state index contributed by atoms with van der Waals surface area (Å²) < 4.78 is 5.87. The lowest BCUT2D eigenvalue weighted by Gasteiger charge is -2.42. The van der Waals surface area contributed by atoms with Gasteiger partial charge in [-0.2, -0.15) is 0 Å². The van der Waals surface area contributed by atoms with Gasteiger partial charge in [-0.05, 0) is 26.8 Å². The number of morpholine rings is 1. The number of pyridine rings is 1. The van der Waals surface area contributed by atoms with E-state index in [9.17, 15) is 0 Å². The molecule has 0 spiro atoms. The normalized spacial score (nSPS) is 22.4. The molecule has 0 bridgehead atoms. The molecule has 1 aliphatic rings. The number of anilines is 2. The summed E-state index contributed by atoms with van der Waals surface area (Å²) in [6, 6.07) is 1.65. The first kappa shape index (κ1) is 14.7. The molecule has 1 aromatic heterocycles. The standard InChI is InChI=1S/C12H18Cl2N4O/c1-7-5-18(6-12(2,3)19-7)11-9(14)4-8(13)10(16-11)17-15/h4,7H,5-6,15H2,1-3H3,(H,16,17). The van der Waals surface area contributed by atoms with Crippen molar-refractivity contribution in [2.75, 3.05) is 23.4 Å².